The zero-order valence-corrected chi connectivity index (χ0v) is 26.5. The van der Waals surface area contributed by atoms with Gasteiger partial charge in [0.2, 0.25) is 11.8 Å². The Balaban J connectivity index is 1.40. The molecular formula is C34H26Cl3FN2O6. The molecule has 3 aromatic carbocycles. The third kappa shape index (κ3) is 4.18. The van der Waals surface area contributed by atoms with Crippen molar-refractivity contribution in [2.75, 3.05) is 16.4 Å². The first-order valence-corrected chi connectivity index (χ1v) is 15.9. The van der Waals surface area contributed by atoms with Crippen molar-refractivity contribution in [3.05, 3.63) is 94.8 Å². The summed E-state index contributed by atoms with van der Waals surface area (Å²) in [7, 11) is 0. The van der Waals surface area contributed by atoms with E-state index in [-0.39, 0.29) is 42.5 Å². The number of fused-ring (bicyclic) bond motifs is 4. The zero-order chi connectivity index (χ0) is 32.7. The molecule has 2 aliphatic heterocycles. The molecule has 7 rings (SSSR count). The molecule has 0 bridgehead atoms. The Morgan fingerprint density at radius 3 is 2.22 bits per heavy atom. The molecule has 0 aromatic heterocycles. The van der Waals surface area contributed by atoms with E-state index >= 15 is 0 Å². The number of hydrogen-bond donors (Lipinski definition) is 1. The fourth-order valence-corrected chi connectivity index (χ4v) is 8.66. The Morgan fingerprint density at radius 1 is 0.891 bits per heavy atom. The summed E-state index contributed by atoms with van der Waals surface area (Å²) in [4.78, 5) is 54.5. The van der Waals surface area contributed by atoms with Gasteiger partial charge in [0.15, 0.2) is 21.2 Å². The van der Waals surface area contributed by atoms with Crippen LogP contribution in [0.25, 0.3) is 0 Å². The van der Waals surface area contributed by atoms with Crippen LogP contribution in [0.2, 0.25) is 5.02 Å². The molecule has 4 aliphatic rings. The van der Waals surface area contributed by atoms with Gasteiger partial charge in [-0.1, -0.05) is 29.3 Å². The smallest absolute Gasteiger partial charge is 0.258 e. The number of amides is 4. The van der Waals surface area contributed by atoms with E-state index in [2.05, 4.69) is 0 Å². The predicted octanol–water partition coefficient (Wildman–Crippen LogP) is 6.35. The SMILES string of the molecule is CCOc1cc([C@H]2C3=CC[C@@H]4C(=O)N(c5ccc(Cl)cc5)C(=O)[C@@H]4[C@@H]3C[C@@]3(Cl)C(=O)N(c4ccc(F)cc4)C(=O)[C@@]23Cl)ccc1O. The molecule has 2 aliphatic carbocycles. The quantitative estimate of drug-likeness (QED) is 0.191. The normalized spacial score (nSPS) is 30.2. The topological polar surface area (TPSA) is 104 Å². The minimum absolute atomic E-state index is 0.0844. The van der Waals surface area contributed by atoms with Gasteiger partial charge in [-0.2, -0.15) is 0 Å². The number of allylic oxidation sites excluding steroid dienone is 2. The van der Waals surface area contributed by atoms with E-state index in [1.54, 1.807) is 43.3 Å². The molecule has 2 heterocycles. The van der Waals surface area contributed by atoms with E-state index in [4.69, 9.17) is 39.5 Å². The van der Waals surface area contributed by atoms with Gasteiger partial charge in [-0.05, 0) is 91.9 Å². The van der Waals surface area contributed by atoms with Gasteiger partial charge in [0.25, 0.3) is 11.8 Å². The number of benzene rings is 3. The van der Waals surface area contributed by atoms with Crippen LogP contribution in [0.3, 0.4) is 0 Å². The van der Waals surface area contributed by atoms with Crippen molar-refractivity contribution in [3.63, 3.8) is 0 Å². The van der Waals surface area contributed by atoms with E-state index in [0.717, 1.165) is 21.9 Å². The Hall–Kier alpha value is -3.92. The molecule has 0 radical (unpaired) electrons. The second-order valence-electron chi connectivity index (χ2n) is 11.9. The lowest BCUT2D eigenvalue weighted by molar-refractivity contribution is -0.125. The summed E-state index contributed by atoms with van der Waals surface area (Å²) in [5.41, 5.74) is 1.46. The number of imide groups is 2. The minimum atomic E-state index is -2.10. The third-order valence-corrected chi connectivity index (χ3v) is 11.3. The van der Waals surface area contributed by atoms with Crippen molar-refractivity contribution in [1.29, 1.82) is 0 Å². The number of phenols is 1. The molecule has 3 aromatic rings. The van der Waals surface area contributed by atoms with Gasteiger partial charge in [0.1, 0.15) is 5.82 Å². The van der Waals surface area contributed by atoms with Crippen molar-refractivity contribution in [2.45, 2.75) is 35.4 Å². The van der Waals surface area contributed by atoms with Crippen molar-refractivity contribution < 1.29 is 33.4 Å². The second kappa shape index (κ2) is 10.8. The number of phenolic OH excluding ortho intramolecular Hbond substituents is 1. The molecule has 4 amide bonds. The number of anilines is 2. The molecule has 1 N–H and O–H groups in total. The number of halogens is 4. The summed E-state index contributed by atoms with van der Waals surface area (Å²) < 4.78 is 19.5. The summed E-state index contributed by atoms with van der Waals surface area (Å²) in [5.74, 6) is -6.51. The zero-order valence-electron chi connectivity index (χ0n) is 24.3. The molecule has 3 fully saturated rings. The van der Waals surface area contributed by atoms with Crippen LogP contribution in [0.4, 0.5) is 15.8 Å². The molecule has 0 spiro atoms. The Morgan fingerprint density at radius 2 is 1.54 bits per heavy atom. The average molecular weight is 684 g/mol. The van der Waals surface area contributed by atoms with E-state index in [1.807, 2.05) is 6.08 Å². The first-order chi connectivity index (χ1) is 21.9. The number of hydrogen-bond acceptors (Lipinski definition) is 6. The fraction of sp³-hybridized carbons (Fsp3) is 0.294. The highest BCUT2D eigenvalue weighted by Gasteiger charge is 2.76. The Labute approximate surface area is 278 Å². The second-order valence-corrected chi connectivity index (χ2v) is 13.6. The van der Waals surface area contributed by atoms with Crippen LogP contribution in [0.15, 0.2) is 78.4 Å². The van der Waals surface area contributed by atoms with Crippen LogP contribution >= 0.6 is 34.8 Å². The number of alkyl halides is 2. The van der Waals surface area contributed by atoms with Crippen molar-refractivity contribution in [1.82, 2.24) is 0 Å². The van der Waals surface area contributed by atoms with Gasteiger partial charge in [-0.15, -0.1) is 23.2 Å². The third-order valence-electron chi connectivity index (χ3n) is 9.60. The van der Waals surface area contributed by atoms with E-state index in [1.165, 1.54) is 18.2 Å². The monoisotopic (exact) mass is 682 g/mol. The summed E-state index contributed by atoms with van der Waals surface area (Å²) >= 11 is 20.8. The number of aromatic hydroxyl groups is 1. The van der Waals surface area contributed by atoms with Crippen LogP contribution < -0.4 is 14.5 Å². The first kappa shape index (κ1) is 30.7. The highest BCUT2D eigenvalue weighted by molar-refractivity contribution is 6.58. The summed E-state index contributed by atoms with van der Waals surface area (Å²) in [6.45, 7) is 1.98. The number of ether oxygens (including phenoxy) is 1. The van der Waals surface area contributed by atoms with E-state index in [0.29, 0.717) is 21.8 Å². The molecule has 236 valence electrons. The first-order valence-electron chi connectivity index (χ1n) is 14.7. The fourth-order valence-electron chi connectivity index (χ4n) is 7.60. The van der Waals surface area contributed by atoms with Gasteiger partial charge in [0.05, 0.1) is 29.8 Å². The molecule has 2 saturated heterocycles. The summed E-state index contributed by atoms with van der Waals surface area (Å²) in [5, 5.41) is 10.9. The maximum Gasteiger partial charge on any atom is 0.258 e. The molecule has 8 nitrogen and oxygen atoms in total. The van der Waals surface area contributed by atoms with E-state index < -0.39 is 57.0 Å². The number of carbonyl (C=O) groups is 4. The van der Waals surface area contributed by atoms with Crippen LogP contribution in [0.5, 0.6) is 11.5 Å². The largest absolute Gasteiger partial charge is 0.504 e. The maximum atomic E-state index is 14.5. The number of nitrogens with zero attached hydrogens (tertiary/aromatic N) is 2. The number of rotatable bonds is 5. The van der Waals surface area contributed by atoms with Gasteiger partial charge >= 0.3 is 0 Å². The lowest BCUT2D eigenvalue weighted by Crippen LogP contribution is -2.60. The van der Waals surface area contributed by atoms with E-state index in [9.17, 15) is 28.7 Å². The standard InChI is InChI=1S/C34H26Cl3FN2O6/c1-2-46-26-15-17(3-14-25(26)41)28-22-12-13-23-27(30(43)39(29(23)42)20-8-4-18(35)5-9-20)24(22)16-33(36)31(44)40(32(45)34(28,33)37)21-10-6-19(38)7-11-21/h3-12,14-15,23-24,27-28,41H,2,13,16H2,1H3/t23-,24+,27-,28-,33+,34-/m0/s1. The lowest BCUT2D eigenvalue weighted by Gasteiger charge is -2.50. The maximum absolute atomic E-state index is 14.5. The van der Waals surface area contributed by atoms with Gasteiger partial charge in [0, 0.05) is 10.9 Å². The highest BCUT2D eigenvalue weighted by atomic mass is 35.5. The highest BCUT2D eigenvalue weighted by Crippen LogP contribution is 2.66. The minimum Gasteiger partial charge on any atom is -0.504 e. The average Bonchev–Trinajstić information content (AvgIpc) is 3.37. The molecular weight excluding hydrogens is 658 g/mol. The molecule has 1 saturated carbocycles. The lowest BCUT2D eigenvalue weighted by atomic mass is 9.56. The van der Waals surface area contributed by atoms with Crippen molar-refractivity contribution in [2.24, 2.45) is 17.8 Å². The van der Waals surface area contributed by atoms with Gasteiger partial charge in [-0.3, -0.25) is 24.1 Å². The predicted molar refractivity (Wildman–Crippen MR) is 170 cm³/mol. The Bertz CT molecular complexity index is 1850. The van der Waals surface area contributed by atoms with Gasteiger partial charge < -0.3 is 9.84 Å². The van der Waals surface area contributed by atoms with Crippen LogP contribution in [0, 0.1) is 23.6 Å². The van der Waals surface area contributed by atoms with Crippen molar-refractivity contribution >= 4 is 69.8 Å². The molecule has 46 heavy (non-hydrogen) atoms. The number of carbonyl (C=O) groups excluding carboxylic acids is 4. The summed E-state index contributed by atoms with van der Waals surface area (Å²) in [6, 6.07) is 15.7. The molecule has 6 atom stereocenters. The Kier molecular flexibility index (Phi) is 7.23. The molecule has 12 heteroatoms. The molecule has 0 unspecified atom stereocenters. The van der Waals surface area contributed by atoms with Gasteiger partial charge in [-0.25, -0.2) is 9.29 Å². The van der Waals surface area contributed by atoms with Crippen LogP contribution in [0.1, 0.15) is 31.2 Å². The van der Waals surface area contributed by atoms with Crippen molar-refractivity contribution in [3.8, 4) is 11.5 Å². The van der Waals surface area contributed by atoms with Crippen LogP contribution in [-0.2, 0) is 19.2 Å². The summed E-state index contributed by atoms with van der Waals surface area (Å²) in [6.07, 6.45) is 1.79. The van der Waals surface area contributed by atoms with Crippen LogP contribution in [-0.4, -0.2) is 45.1 Å².